The van der Waals surface area contributed by atoms with E-state index in [9.17, 15) is 0 Å². The molecule has 112 valence electrons. The summed E-state index contributed by atoms with van der Waals surface area (Å²) < 4.78 is 0. The molecule has 1 aromatic rings. The van der Waals surface area contributed by atoms with Crippen LogP contribution in [-0.4, -0.2) is 18.6 Å². The molecule has 0 amide bonds. The third kappa shape index (κ3) is 4.92. The lowest BCUT2D eigenvalue weighted by molar-refractivity contribution is 0.380. The normalized spacial score (nSPS) is 23.1. The summed E-state index contributed by atoms with van der Waals surface area (Å²) in [6.45, 7) is 7.95. The highest BCUT2D eigenvalue weighted by atomic mass is 15.0. The first-order valence-electron chi connectivity index (χ1n) is 8.21. The summed E-state index contributed by atoms with van der Waals surface area (Å²) in [6, 6.07) is 10.5. The van der Waals surface area contributed by atoms with Crippen LogP contribution in [0.2, 0.25) is 0 Å². The molecule has 2 rings (SSSR count). The third-order valence-electron chi connectivity index (χ3n) is 4.38. The Bertz CT molecular complexity index is 394. The number of nitrogens with one attached hydrogen (secondary N) is 2. The van der Waals surface area contributed by atoms with Crippen LogP contribution in [0.3, 0.4) is 0 Å². The van der Waals surface area contributed by atoms with Gasteiger partial charge in [-0.2, -0.15) is 0 Å². The number of hydrogen-bond acceptors (Lipinski definition) is 2. The minimum Gasteiger partial charge on any atom is -0.314 e. The molecule has 0 aromatic heterocycles. The molecule has 2 nitrogen and oxygen atoms in total. The second kappa shape index (κ2) is 7.80. The number of aryl methyl sites for hydroxylation is 1. The number of hydrogen-bond donors (Lipinski definition) is 2. The molecule has 0 aliphatic carbocycles. The molecule has 2 N–H and O–H groups in total. The average Bonchev–Trinajstić information content (AvgIpc) is 2.67. The number of rotatable bonds is 5. The highest BCUT2D eigenvalue weighted by molar-refractivity contribution is 5.24. The first-order valence-corrected chi connectivity index (χ1v) is 8.21. The summed E-state index contributed by atoms with van der Waals surface area (Å²) in [5, 5.41) is 7.45. The molecule has 1 aliphatic heterocycles. The fourth-order valence-corrected chi connectivity index (χ4v) is 3.26. The monoisotopic (exact) mass is 274 g/mol. The van der Waals surface area contributed by atoms with Gasteiger partial charge in [0.1, 0.15) is 0 Å². The van der Waals surface area contributed by atoms with E-state index in [1.54, 1.807) is 0 Å². The molecule has 0 bridgehead atoms. The largest absolute Gasteiger partial charge is 0.314 e. The van der Waals surface area contributed by atoms with Gasteiger partial charge >= 0.3 is 0 Å². The van der Waals surface area contributed by atoms with Gasteiger partial charge in [-0.1, -0.05) is 42.7 Å². The molecule has 1 saturated heterocycles. The van der Waals surface area contributed by atoms with Crippen LogP contribution < -0.4 is 10.6 Å². The summed E-state index contributed by atoms with van der Waals surface area (Å²) >= 11 is 0. The van der Waals surface area contributed by atoms with Crippen molar-refractivity contribution in [3.63, 3.8) is 0 Å². The quantitative estimate of drug-likeness (QED) is 0.849. The molecule has 1 aromatic carbocycles. The van der Waals surface area contributed by atoms with Crippen molar-refractivity contribution < 1.29 is 0 Å². The van der Waals surface area contributed by atoms with Gasteiger partial charge in [-0.3, -0.25) is 0 Å². The van der Waals surface area contributed by atoms with E-state index in [1.807, 2.05) is 0 Å². The average molecular weight is 274 g/mol. The fourth-order valence-electron chi connectivity index (χ4n) is 3.26. The zero-order chi connectivity index (χ0) is 14.4. The maximum absolute atomic E-state index is 3.75. The first kappa shape index (κ1) is 15.5. The standard InChI is InChI=1S/C18H30N2/c1-14-8-7-9-17(12-14)16(3)20-15(2)13-18-10-5-4-6-11-19-18/h7-9,12,15-16,18-20H,4-6,10-11,13H2,1-3H3/t15?,16-,18?/m0/s1. The van der Waals surface area contributed by atoms with Crippen molar-refractivity contribution in [2.45, 2.75) is 71.0 Å². The van der Waals surface area contributed by atoms with Gasteiger partial charge in [0.25, 0.3) is 0 Å². The summed E-state index contributed by atoms with van der Waals surface area (Å²) in [5.41, 5.74) is 2.74. The molecule has 0 radical (unpaired) electrons. The van der Waals surface area contributed by atoms with Crippen LogP contribution >= 0.6 is 0 Å². The third-order valence-corrected chi connectivity index (χ3v) is 4.38. The van der Waals surface area contributed by atoms with Crippen LogP contribution in [0.1, 0.15) is 63.1 Å². The second-order valence-electron chi connectivity index (χ2n) is 6.44. The Balaban J connectivity index is 1.82. The van der Waals surface area contributed by atoms with Gasteiger partial charge in [-0.15, -0.1) is 0 Å². The van der Waals surface area contributed by atoms with Crippen molar-refractivity contribution in [2.75, 3.05) is 6.54 Å². The van der Waals surface area contributed by atoms with E-state index in [-0.39, 0.29) is 0 Å². The molecule has 1 heterocycles. The molecule has 2 unspecified atom stereocenters. The topological polar surface area (TPSA) is 24.1 Å². The lowest BCUT2D eigenvalue weighted by atomic mass is 10.0. The maximum Gasteiger partial charge on any atom is 0.0294 e. The summed E-state index contributed by atoms with van der Waals surface area (Å²) in [5.74, 6) is 0. The molecule has 3 atom stereocenters. The van der Waals surface area contributed by atoms with Gasteiger partial charge in [0.2, 0.25) is 0 Å². The maximum atomic E-state index is 3.75. The molecule has 20 heavy (non-hydrogen) atoms. The Kier molecular flexibility index (Phi) is 6.06. The van der Waals surface area contributed by atoms with Gasteiger partial charge in [0.05, 0.1) is 0 Å². The van der Waals surface area contributed by atoms with Crippen molar-refractivity contribution in [1.82, 2.24) is 10.6 Å². The Morgan fingerprint density at radius 2 is 2.10 bits per heavy atom. The van der Waals surface area contributed by atoms with Crippen LogP contribution in [0.4, 0.5) is 0 Å². The lowest BCUT2D eigenvalue weighted by Crippen LogP contribution is -2.37. The van der Waals surface area contributed by atoms with Crippen molar-refractivity contribution >= 4 is 0 Å². The zero-order valence-corrected chi connectivity index (χ0v) is 13.3. The van der Waals surface area contributed by atoms with Gasteiger partial charge in [-0.05, 0) is 52.1 Å². The minimum atomic E-state index is 0.427. The van der Waals surface area contributed by atoms with Crippen molar-refractivity contribution in [3.05, 3.63) is 35.4 Å². The van der Waals surface area contributed by atoms with Crippen molar-refractivity contribution in [3.8, 4) is 0 Å². The number of benzene rings is 1. The van der Waals surface area contributed by atoms with Crippen LogP contribution in [-0.2, 0) is 0 Å². The predicted octanol–water partition coefficient (Wildman–Crippen LogP) is 3.96. The van der Waals surface area contributed by atoms with E-state index < -0.39 is 0 Å². The minimum absolute atomic E-state index is 0.427. The molecule has 0 saturated carbocycles. The van der Waals surface area contributed by atoms with Crippen LogP contribution in [0.25, 0.3) is 0 Å². The van der Waals surface area contributed by atoms with Gasteiger partial charge < -0.3 is 10.6 Å². The van der Waals surface area contributed by atoms with E-state index >= 15 is 0 Å². The zero-order valence-electron chi connectivity index (χ0n) is 13.3. The van der Waals surface area contributed by atoms with Gasteiger partial charge in [0.15, 0.2) is 0 Å². The van der Waals surface area contributed by atoms with Gasteiger partial charge in [0, 0.05) is 18.1 Å². The van der Waals surface area contributed by atoms with Crippen LogP contribution in [0, 0.1) is 6.92 Å². The summed E-state index contributed by atoms with van der Waals surface area (Å²) in [6.07, 6.45) is 6.70. The van der Waals surface area contributed by atoms with E-state index in [4.69, 9.17) is 0 Å². The summed E-state index contributed by atoms with van der Waals surface area (Å²) in [7, 11) is 0. The SMILES string of the molecule is Cc1cccc([C@H](C)NC(C)CC2CCCCCN2)c1. The Labute approximate surface area is 124 Å². The Morgan fingerprint density at radius 3 is 2.90 bits per heavy atom. The van der Waals surface area contributed by atoms with Crippen molar-refractivity contribution in [2.24, 2.45) is 0 Å². The van der Waals surface area contributed by atoms with E-state index in [0.29, 0.717) is 18.1 Å². The van der Waals surface area contributed by atoms with E-state index in [2.05, 4.69) is 55.7 Å². The summed E-state index contributed by atoms with van der Waals surface area (Å²) in [4.78, 5) is 0. The highest BCUT2D eigenvalue weighted by Gasteiger charge is 2.16. The van der Waals surface area contributed by atoms with E-state index in [1.165, 1.54) is 49.8 Å². The Hall–Kier alpha value is -0.860. The molecule has 0 spiro atoms. The van der Waals surface area contributed by atoms with Gasteiger partial charge in [-0.25, -0.2) is 0 Å². The Morgan fingerprint density at radius 1 is 1.25 bits per heavy atom. The molecule has 1 aliphatic rings. The molecule has 2 heteroatoms. The van der Waals surface area contributed by atoms with Crippen LogP contribution in [0.15, 0.2) is 24.3 Å². The molecular formula is C18H30N2. The molecular weight excluding hydrogens is 244 g/mol. The highest BCUT2D eigenvalue weighted by Crippen LogP contribution is 2.17. The van der Waals surface area contributed by atoms with E-state index in [0.717, 1.165) is 0 Å². The first-order chi connectivity index (χ1) is 9.65. The molecule has 1 fully saturated rings. The predicted molar refractivity (Wildman–Crippen MR) is 87.1 cm³/mol. The second-order valence-corrected chi connectivity index (χ2v) is 6.44. The lowest BCUT2D eigenvalue weighted by Gasteiger charge is -2.25. The smallest absolute Gasteiger partial charge is 0.0294 e. The van der Waals surface area contributed by atoms with Crippen LogP contribution in [0.5, 0.6) is 0 Å². The fraction of sp³-hybridized carbons (Fsp3) is 0.667. The van der Waals surface area contributed by atoms with Crippen molar-refractivity contribution in [1.29, 1.82) is 0 Å².